The molecular weight excluding hydrogens is 1070 g/mol. The Labute approximate surface area is 479 Å². The van der Waals surface area contributed by atoms with Crippen LogP contribution in [-0.2, 0) is 59.2 Å². The second kappa shape index (κ2) is 39.5. The molecule has 0 saturated carbocycles. The molecular formula is C53H93N17O12. The number of nitrogens with one attached hydrogen (secondary N) is 12. The number of hydrogen-bond donors (Lipinski definition) is 18. The second-order valence-electron chi connectivity index (χ2n) is 20.5. The molecule has 29 nitrogen and oxygen atoms in total. The third-order valence-corrected chi connectivity index (χ3v) is 13.2. The average molecular weight is 1160 g/mol. The van der Waals surface area contributed by atoms with E-state index in [9.17, 15) is 57.8 Å². The minimum Gasteiger partial charge on any atom is -0.391 e. The van der Waals surface area contributed by atoms with Crippen LogP contribution in [0, 0.1) is 11.8 Å². The minimum atomic E-state index is -1.36. The summed E-state index contributed by atoms with van der Waals surface area (Å²) in [7, 11) is 0. The van der Waals surface area contributed by atoms with Crippen molar-refractivity contribution in [3.8, 4) is 0 Å². The Morgan fingerprint density at radius 2 is 0.927 bits per heavy atom. The van der Waals surface area contributed by atoms with Crippen molar-refractivity contribution in [2.45, 2.75) is 153 Å². The highest BCUT2D eigenvalue weighted by molar-refractivity contribution is 5.98. The van der Waals surface area contributed by atoms with Crippen molar-refractivity contribution in [1.82, 2.24) is 63.8 Å². The molecule has 1 aromatic carbocycles. The van der Waals surface area contributed by atoms with E-state index >= 15 is 0 Å². The number of carbonyl (C=O) groups excluding carboxylic acids is 11. The van der Waals surface area contributed by atoms with E-state index in [1.807, 2.05) is 0 Å². The fourth-order valence-electron chi connectivity index (χ4n) is 8.74. The predicted octanol–water partition coefficient (Wildman–Crippen LogP) is -6.57. The third-order valence-electron chi connectivity index (χ3n) is 13.2. The van der Waals surface area contributed by atoms with E-state index in [1.54, 1.807) is 51.1 Å². The van der Waals surface area contributed by atoms with Crippen molar-refractivity contribution in [3.05, 3.63) is 35.9 Å². The molecule has 0 spiro atoms. The summed E-state index contributed by atoms with van der Waals surface area (Å²) in [5.74, 6) is -8.45. The standard InChI is InChI=1S/C53H93N17O12/c1-5-60-53(82)44(32(4)71)70-50(79)39(17-24-58)66-49(78)38(16-23-57)67-51(80)40(27-31(2)3)68-52(81)41(28-33-11-7-6-8-12-33)69-48(77)37(15-22-56)64-43(73)30-62-47(76)36(14-21-55)63-42(72)29-61-46(75)35(13-9-10-20-54)65-45(74)34-18-25-59-26-19-34/h6-8,11-12,31-32,34-41,44,59,71H,5,9-10,13-30,54-58H2,1-4H3,(H,60,82)(H,61,75)(H,62,76)(H,63,72)(H,64,73)(H,65,74)(H,66,78)(H,67,80)(H,68,81)(H,69,77)(H,70,79)/t32?,35-,36-,37-,38-,39-,40-,41+,44?/m0/s1. The van der Waals surface area contributed by atoms with Gasteiger partial charge in [-0.15, -0.1) is 0 Å². The van der Waals surface area contributed by atoms with E-state index in [0.29, 0.717) is 57.3 Å². The maximum Gasteiger partial charge on any atom is 0.245 e. The lowest BCUT2D eigenvalue weighted by Crippen LogP contribution is -2.61. The smallest absolute Gasteiger partial charge is 0.245 e. The van der Waals surface area contributed by atoms with Crippen molar-refractivity contribution < 1.29 is 57.8 Å². The molecule has 2 unspecified atom stereocenters. The van der Waals surface area contributed by atoms with Gasteiger partial charge in [0.05, 0.1) is 19.2 Å². The number of hydrogen-bond acceptors (Lipinski definition) is 18. The van der Waals surface area contributed by atoms with Crippen molar-refractivity contribution >= 4 is 65.0 Å². The molecule has 2 rings (SSSR count). The van der Waals surface area contributed by atoms with E-state index in [1.165, 1.54) is 6.92 Å². The number of benzene rings is 1. The summed E-state index contributed by atoms with van der Waals surface area (Å²) in [6, 6.07) is -1.52. The first-order valence-corrected chi connectivity index (χ1v) is 28.3. The fourth-order valence-corrected chi connectivity index (χ4v) is 8.74. The van der Waals surface area contributed by atoms with Crippen LogP contribution in [0.5, 0.6) is 0 Å². The Hall–Kier alpha value is -6.89. The van der Waals surface area contributed by atoms with Crippen LogP contribution in [-0.4, -0.2) is 190 Å². The molecule has 0 aliphatic carbocycles. The maximum atomic E-state index is 14.3. The quantitative estimate of drug-likeness (QED) is 0.0273. The zero-order chi connectivity index (χ0) is 61.1. The first-order chi connectivity index (χ1) is 39.1. The van der Waals surface area contributed by atoms with Crippen LogP contribution in [0.25, 0.3) is 0 Å². The van der Waals surface area contributed by atoms with Gasteiger partial charge in [0.25, 0.3) is 0 Å². The van der Waals surface area contributed by atoms with Crippen LogP contribution in [0.4, 0.5) is 0 Å². The summed E-state index contributed by atoms with van der Waals surface area (Å²) >= 11 is 0. The lowest BCUT2D eigenvalue weighted by molar-refractivity contribution is -0.136. The lowest BCUT2D eigenvalue weighted by atomic mass is 9.96. The van der Waals surface area contributed by atoms with Gasteiger partial charge in [0.15, 0.2) is 0 Å². The Morgan fingerprint density at radius 3 is 1.39 bits per heavy atom. The van der Waals surface area contributed by atoms with Gasteiger partial charge in [0, 0.05) is 18.9 Å². The van der Waals surface area contributed by atoms with Crippen LogP contribution < -0.4 is 92.5 Å². The number of likely N-dealkylation sites (N-methyl/N-ethyl adjacent to an activating group) is 1. The SMILES string of the molecule is CCNC(=O)C(NC(=O)[C@H](CCN)NC(=O)[C@H](CCN)NC(=O)[C@H](CC(C)C)NC(=O)[C@@H](Cc1ccccc1)NC(=O)[C@H](CCN)NC(=O)CNC(=O)[C@H](CCN)NC(=O)CNC(=O)[C@H](CCCCN)NC(=O)C1CCNCC1)C(C)O. The first-order valence-electron chi connectivity index (χ1n) is 28.3. The molecule has 11 amide bonds. The molecule has 1 aliphatic heterocycles. The molecule has 0 bridgehead atoms. The number of aliphatic hydroxyl groups excluding tert-OH is 1. The molecule has 0 radical (unpaired) electrons. The van der Waals surface area contributed by atoms with Gasteiger partial charge >= 0.3 is 0 Å². The highest BCUT2D eigenvalue weighted by Gasteiger charge is 2.35. The zero-order valence-electron chi connectivity index (χ0n) is 47.9. The normalized spacial score (nSPS) is 15.7. The fraction of sp³-hybridized carbons (Fsp3) is 0.679. The Kier molecular flexibility index (Phi) is 34.3. The summed E-state index contributed by atoms with van der Waals surface area (Å²) in [5, 5.41) is 41.7. The van der Waals surface area contributed by atoms with Gasteiger partial charge in [-0.3, -0.25) is 52.7 Å². The molecule has 1 fully saturated rings. The van der Waals surface area contributed by atoms with Gasteiger partial charge in [-0.25, -0.2) is 0 Å². The van der Waals surface area contributed by atoms with Crippen molar-refractivity contribution in [3.63, 3.8) is 0 Å². The van der Waals surface area contributed by atoms with Crippen LogP contribution in [0.15, 0.2) is 30.3 Å². The number of piperidine rings is 1. The third kappa shape index (κ3) is 26.8. The summed E-state index contributed by atoms with van der Waals surface area (Å²) < 4.78 is 0. The molecule has 1 aromatic rings. The first kappa shape index (κ1) is 71.2. The van der Waals surface area contributed by atoms with E-state index in [2.05, 4.69) is 63.8 Å². The summed E-state index contributed by atoms with van der Waals surface area (Å²) in [4.78, 5) is 148. The average Bonchev–Trinajstić information content (AvgIpc) is 3.49. The van der Waals surface area contributed by atoms with Crippen molar-refractivity contribution in [2.75, 3.05) is 65.4 Å². The van der Waals surface area contributed by atoms with E-state index < -0.39 is 127 Å². The highest BCUT2D eigenvalue weighted by Crippen LogP contribution is 2.14. The van der Waals surface area contributed by atoms with Crippen LogP contribution in [0.3, 0.4) is 0 Å². The van der Waals surface area contributed by atoms with Gasteiger partial charge in [-0.05, 0) is 135 Å². The van der Waals surface area contributed by atoms with E-state index in [0.717, 1.165) is 0 Å². The largest absolute Gasteiger partial charge is 0.391 e. The molecule has 1 heterocycles. The summed E-state index contributed by atoms with van der Waals surface area (Å²) in [6.07, 6.45) is 1.00. The molecule has 29 heteroatoms. The molecule has 1 aliphatic rings. The maximum absolute atomic E-state index is 14.3. The van der Waals surface area contributed by atoms with Crippen LogP contribution >= 0.6 is 0 Å². The number of unbranched alkanes of at least 4 members (excludes halogenated alkanes) is 1. The molecule has 462 valence electrons. The van der Waals surface area contributed by atoms with E-state index in [4.69, 9.17) is 28.7 Å². The van der Waals surface area contributed by atoms with Gasteiger partial charge < -0.3 is 97.6 Å². The van der Waals surface area contributed by atoms with E-state index in [-0.39, 0.29) is 89.0 Å². The number of rotatable bonds is 39. The Bertz CT molecular complexity index is 2200. The molecule has 82 heavy (non-hydrogen) atoms. The van der Waals surface area contributed by atoms with Crippen LogP contribution in [0.2, 0.25) is 0 Å². The van der Waals surface area contributed by atoms with Gasteiger partial charge in [-0.1, -0.05) is 44.2 Å². The number of amides is 11. The predicted molar refractivity (Wildman–Crippen MR) is 305 cm³/mol. The van der Waals surface area contributed by atoms with Gasteiger partial charge in [0.2, 0.25) is 65.0 Å². The zero-order valence-corrected chi connectivity index (χ0v) is 47.9. The number of aliphatic hydroxyl groups is 1. The number of carbonyl (C=O) groups is 11. The topological polar surface area (TPSA) is 482 Å². The monoisotopic (exact) mass is 1160 g/mol. The molecule has 9 atom stereocenters. The van der Waals surface area contributed by atoms with Crippen molar-refractivity contribution in [2.24, 2.45) is 40.5 Å². The molecule has 23 N–H and O–H groups in total. The summed E-state index contributed by atoms with van der Waals surface area (Å²) in [5.41, 5.74) is 29.5. The Balaban J connectivity index is 2.20. The van der Waals surface area contributed by atoms with Crippen LogP contribution in [0.1, 0.15) is 97.5 Å². The van der Waals surface area contributed by atoms with Crippen molar-refractivity contribution in [1.29, 1.82) is 0 Å². The van der Waals surface area contributed by atoms with Gasteiger partial charge in [0.1, 0.15) is 48.3 Å². The summed E-state index contributed by atoms with van der Waals surface area (Å²) in [6.45, 7) is 6.98. The Morgan fingerprint density at radius 1 is 0.500 bits per heavy atom. The minimum absolute atomic E-state index is 0.0536. The highest BCUT2D eigenvalue weighted by atomic mass is 16.3. The molecule has 1 saturated heterocycles. The lowest BCUT2D eigenvalue weighted by Gasteiger charge is -2.28. The molecule has 0 aromatic heterocycles. The number of nitrogens with two attached hydrogens (primary N) is 5. The second-order valence-corrected chi connectivity index (χ2v) is 20.5. The van der Waals surface area contributed by atoms with Gasteiger partial charge in [-0.2, -0.15) is 0 Å².